The highest BCUT2D eigenvalue weighted by molar-refractivity contribution is 5.73. The zero-order valence-corrected chi connectivity index (χ0v) is 9.41. The van der Waals surface area contributed by atoms with E-state index in [2.05, 4.69) is 9.72 Å². The standard InChI is InChI=1S/C11H9F3N2O2/c1-2-18-8(17)3-7-6(4-15)5-16-10(9(7)12)11(13)14/h5,11H,2-3H2,1H3. The number of rotatable bonds is 4. The first kappa shape index (κ1) is 14.0. The quantitative estimate of drug-likeness (QED) is 0.776. The van der Waals surface area contributed by atoms with Gasteiger partial charge in [-0.15, -0.1) is 0 Å². The van der Waals surface area contributed by atoms with Crippen molar-refractivity contribution < 1.29 is 22.7 Å². The van der Waals surface area contributed by atoms with Crippen molar-refractivity contribution in [1.29, 1.82) is 5.26 Å². The van der Waals surface area contributed by atoms with Gasteiger partial charge in [0.2, 0.25) is 0 Å². The summed E-state index contributed by atoms with van der Waals surface area (Å²) >= 11 is 0. The van der Waals surface area contributed by atoms with Crippen LogP contribution in [0, 0.1) is 17.1 Å². The Morgan fingerprint density at radius 3 is 2.78 bits per heavy atom. The molecule has 0 aliphatic heterocycles. The van der Waals surface area contributed by atoms with E-state index in [9.17, 15) is 18.0 Å². The van der Waals surface area contributed by atoms with Crippen LogP contribution < -0.4 is 0 Å². The van der Waals surface area contributed by atoms with Gasteiger partial charge >= 0.3 is 5.97 Å². The normalized spacial score (nSPS) is 10.2. The van der Waals surface area contributed by atoms with Crippen LogP contribution in [0.3, 0.4) is 0 Å². The molecule has 0 radical (unpaired) electrons. The number of aromatic nitrogens is 1. The second kappa shape index (κ2) is 6.00. The molecule has 0 N–H and O–H groups in total. The van der Waals surface area contributed by atoms with E-state index < -0.39 is 35.9 Å². The number of pyridine rings is 1. The lowest BCUT2D eigenvalue weighted by atomic mass is 10.1. The number of carbonyl (C=O) groups is 1. The molecule has 0 bridgehead atoms. The lowest BCUT2D eigenvalue weighted by Crippen LogP contribution is -2.12. The number of esters is 1. The third-order valence-corrected chi connectivity index (χ3v) is 2.10. The maximum atomic E-state index is 13.7. The van der Waals surface area contributed by atoms with E-state index in [4.69, 9.17) is 5.26 Å². The van der Waals surface area contributed by atoms with E-state index in [1.165, 1.54) is 0 Å². The summed E-state index contributed by atoms with van der Waals surface area (Å²) in [5, 5.41) is 8.72. The first-order valence-electron chi connectivity index (χ1n) is 5.02. The Hall–Kier alpha value is -2.10. The molecular formula is C11H9F3N2O2. The first-order valence-corrected chi connectivity index (χ1v) is 5.02. The van der Waals surface area contributed by atoms with Crippen LogP contribution in [-0.4, -0.2) is 17.6 Å². The van der Waals surface area contributed by atoms with Crippen LogP contribution in [0.15, 0.2) is 6.20 Å². The monoisotopic (exact) mass is 258 g/mol. The fourth-order valence-corrected chi connectivity index (χ4v) is 1.32. The van der Waals surface area contributed by atoms with Crippen LogP contribution >= 0.6 is 0 Å². The molecule has 96 valence electrons. The van der Waals surface area contributed by atoms with Crippen molar-refractivity contribution in [2.24, 2.45) is 0 Å². The van der Waals surface area contributed by atoms with Crippen LogP contribution in [0.5, 0.6) is 0 Å². The van der Waals surface area contributed by atoms with Crippen molar-refractivity contribution in [3.63, 3.8) is 0 Å². The molecule has 18 heavy (non-hydrogen) atoms. The second-order valence-corrected chi connectivity index (χ2v) is 3.24. The minimum Gasteiger partial charge on any atom is -0.466 e. The molecule has 0 spiro atoms. The topological polar surface area (TPSA) is 63.0 Å². The number of ether oxygens (including phenoxy) is 1. The van der Waals surface area contributed by atoms with Crippen LogP contribution in [0.4, 0.5) is 13.2 Å². The van der Waals surface area contributed by atoms with Gasteiger partial charge in [0.25, 0.3) is 6.43 Å². The van der Waals surface area contributed by atoms with E-state index in [1.807, 2.05) is 0 Å². The molecular weight excluding hydrogens is 249 g/mol. The summed E-state index contributed by atoms with van der Waals surface area (Å²) in [7, 11) is 0. The summed E-state index contributed by atoms with van der Waals surface area (Å²) in [5.74, 6) is -2.13. The van der Waals surface area contributed by atoms with Crippen LogP contribution in [-0.2, 0) is 16.0 Å². The highest BCUT2D eigenvalue weighted by Gasteiger charge is 2.23. The number of hydrogen-bond donors (Lipinski definition) is 0. The number of carbonyl (C=O) groups excluding carboxylic acids is 1. The Labute approximate surface area is 101 Å². The number of nitriles is 1. The van der Waals surface area contributed by atoms with E-state index in [-0.39, 0.29) is 12.2 Å². The van der Waals surface area contributed by atoms with Gasteiger partial charge in [0.05, 0.1) is 18.6 Å². The van der Waals surface area contributed by atoms with Gasteiger partial charge in [-0.2, -0.15) is 5.26 Å². The molecule has 1 heterocycles. The molecule has 0 saturated carbocycles. The zero-order valence-electron chi connectivity index (χ0n) is 9.41. The Balaban J connectivity index is 3.18. The van der Waals surface area contributed by atoms with Crippen molar-refractivity contribution in [3.05, 3.63) is 28.8 Å². The lowest BCUT2D eigenvalue weighted by molar-refractivity contribution is -0.142. The smallest absolute Gasteiger partial charge is 0.310 e. The van der Waals surface area contributed by atoms with Crippen molar-refractivity contribution in [3.8, 4) is 6.07 Å². The van der Waals surface area contributed by atoms with Crippen LogP contribution in [0.25, 0.3) is 0 Å². The average molecular weight is 258 g/mol. The molecule has 0 aromatic carbocycles. The number of hydrogen-bond acceptors (Lipinski definition) is 4. The second-order valence-electron chi connectivity index (χ2n) is 3.24. The Morgan fingerprint density at radius 1 is 1.61 bits per heavy atom. The summed E-state index contributed by atoms with van der Waals surface area (Å²) in [4.78, 5) is 14.4. The largest absolute Gasteiger partial charge is 0.466 e. The molecule has 0 fully saturated rings. The predicted molar refractivity (Wildman–Crippen MR) is 54.2 cm³/mol. The summed E-state index contributed by atoms with van der Waals surface area (Å²) in [6, 6.07) is 1.59. The molecule has 0 amide bonds. The maximum absolute atomic E-state index is 13.7. The van der Waals surface area contributed by atoms with E-state index in [1.54, 1.807) is 13.0 Å². The van der Waals surface area contributed by atoms with Crippen LogP contribution in [0.2, 0.25) is 0 Å². The van der Waals surface area contributed by atoms with Crippen molar-refractivity contribution in [1.82, 2.24) is 4.98 Å². The van der Waals surface area contributed by atoms with E-state index in [0.717, 1.165) is 6.20 Å². The van der Waals surface area contributed by atoms with Gasteiger partial charge in [-0.1, -0.05) is 0 Å². The zero-order chi connectivity index (χ0) is 13.7. The molecule has 4 nitrogen and oxygen atoms in total. The summed E-state index contributed by atoms with van der Waals surface area (Å²) in [6.07, 6.45) is -2.87. The van der Waals surface area contributed by atoms with Gasteiger partial charge in [0.1, 0.15) is 11.8 Å². The van der Waals surface area contributed by atoms with Gasteiger partial charge in [0, 0.05) is 11.8 Å². The van der Waals surface area contributed by atoms with Gasteiger partial charge in [0.15, 0.2) is 5.82 Å². The minimum atomic E-state index is -3.11. The molecule has 0 unspecified atom stereocenters. The molecule has 0 aliphatic rings. The lowest BCUT2D eigenvalue weighted by Gasteiger charge is -2.08. The minimum absolute atomic E-state index is 0.0785. The van der Waals surface area contributed by atoms with Gasteiger partial charge in [-0.25, -0.2) is 13.2 Å². The summed E-state index contributed by atoms with van der Waals surface area (Å²) < 4.78 is 43.1. The number of nitrogens with zero attached hydrogens (tertiary/aromatic N) is 2. The molecule has 1 rings (SSSR count). The van der Waals surface area contributed by atoms with Crippen LogP contribution in [0.1, 0.15) is 30.2 Å². The molecule has 0 aliphatic carbocycles. The molecule has 0 saturated heterocycles. The fourth-order valence-electron chi connectivity index (χ4n) is 1.32. The maximum Gasteiger partial charge on any atom is 0.310 e. The third kappa shape index (κ3) is 2.97. The number of halogens is 3. The van der Waals surface area contributed by atoms with Gasteiger partial charge < -0.3 is 4.74 Å². The SMILES string of the molecule is CCOC(=O)Cc1c(C#N)cnc(C(F)F)c1F. The summed E-state index contributed by atoms with van der Waals surface area (Å²) in [6.45, 7) is 1.63. The molecule has 1 aromatic rings. The third-order valence-electron chi connectivity index (χ3n) is 2.10. The highest BCUT2D eigenvalue weighted by Crippen LogP contribution is 2.24. The Kier molecular flexibility index (Phi) is 4.66. The summed E-state index contributed by atoms with van der Waals surface area (Å²) in [5.41, 5.74) is -1.75. The van der Waals surface area contributed by atoms with Crippen molar-refractivity contribution >= 4 is 5.97 Å². The fraction of sp³-hybridized carbons (Fsp3) is 0.364. The first-order chi connectivity index (χ1) is 8.51. The van der Waals surface area contributed by atoms with E-state index in [0.29, 0.717) is 0 Å². The molecule has 0 atom stereocenters. The molecule has 1 aromatic heterocycles. The van der Waals surface area contributed by atoms with Gasteiger partial charge in [-0.3, -0.25) is 9.78 Å². The predicted octanol–water partition coefficient (Wildman–Crippen LogP) is 2.14. The average Bonchev–Trinajstić information content (AvgIpc) is 2.31. The Bertz CT molecular complexity index is 498. The Morgan fingerprint density at radius 2 is 2.28 bits per heavy atom. The van der Waals surface area contributed by atoms with E-state index >= 15 is 0 Å². The number of alkyl halides is 2. The van der Waals surface area contributed by atoms with Crippen molar-refractivity contribution in [2.45, 2.75) is 19.8 Å². The molecule has 7 heteroatoms. The van der Waals surface area contributed by atoms with Gasteiger partial charge in [-0.05, 0) is 6.92 Å². The highest BCUT2D eigenvalue weighted by atomic mass is 19.3. The van der Waals surface area contributed by atoms with Crippen molar-refractivity contribution in [2.75, 3.05) is 6.61 Å².